The molecule has 50 valence electrons. The van der Waals surface area contributed by atoms with Crippen LogP contribution in [0.1, 0.15) is 19.8 Å². The van der Waals surface area contributed by atoms with E-state index in [0.717, 1.165) is 12.0 Å². The van der Waals surface area contributed by atoms with E-state index in [2.05, 4.69) is 0 Å². The molecular formula is C7H10O2. The van der Waals surface area contributed by atoms with Gasteiger partial charge in [0.25, 0.3) is 0 Å². The molecule has 0 spiro atoms. The molecule has 1 aliphatic carbocycles. The summed E-state index contributed by atoms with van der Waals surface area (Å²) in [7, 11) is 0. The van der Waals surface area contributed by atoms with E-state index in [9.17, 15) is 0 Å². The van der Waals surface area contributed by atoms with Crippen LogP contribution in [0.3, 0.4) is 0 Å². The zero-order valence-corrected chi connectivity index (χ0v) is 5.39. The molecule has 0 bridgehead atoms. The Morgan fingerprint density at radius 2 is 2.11 bits per heavy atom. The third kappa shape index (κ3) is 1.07. The number of aliphatic hydroxyl groups is 2. The van der Waals surface area contributed by atoms with Crippen molar-refractivity contribution in [1.82, 2.24) is 0 Å². The Hall–Kier alpha value is -0.920. The molecular weight excluding hydrogens is 116 g/mol. The van der Waals surface area contributed by atoms with Gasteiger partial charge in [0.15, 0.2) is 5.76 Å². The summed E-state index contributed by atoms with van der Waals surface area (Å²) in [5, 5.41) is 17.9. The minimum atomic E-state index is 0.0567. The number of hydrogen-bond donors (Lipinski definition) is 2. The average molecular weight is 126 g/mol. The SMILES string of the molecule is CC1=CCCC(O)=C1O. The Kier molecular flexibility index (Phi) is 1.47. The summed E-state index contributed by atoms with van der Waals surface area (Å²) in [6, 6.07) is 0. The van der Waals surface area contributed by atoms with E-state index in [-0.39, 0.29) is 11.5 Å². The Labute approximate surface area is 54.1 Å². The van der Waals surface area contributed by atoms with E-state index in [4.69, 9.17) is 10.2 Å². The van der Waals surface area contributed by atoms with E-state index in [0.29, 0.717) is 6.42 Å². The topological polar surface area (TPSA) is 40.5 Å². The summed E-state index contributed by atoms with van der Waals surface area (Å²) in [6.45, 7) is 1.78. The van der Waals surface area contributed by atoms with Gasteiger partial charge >= 0.3 is 0 Å². The van der Waals surface area contributed by atoms with Gasteiger partial charge in [0.05, 0.1) is 0 Å². The van der Waals surface area contributed by atoms with Crippen LogP contribution in [-0.2, 0) is 0 Å². The molecule has 2 N–H and O–H groups in total. The van der Waals surface area contributed by atoms with E-state index >= 15 is 0 Å². The maximum atomic E-state index is 9.01. The Morgan fingerprint density at radius 1 is 1.44 bits per heavy atom. The van der Waals surface area contributed by atoms with E-state index in [1.54, 1.807) is 6.92 Å². The number of allylic oxidation sites excluding steroid dienone is 3. The number of aliphatic hydroxyl groups excluding tert-OH is 2. The summed E-state index contributed by atoms with van der Waals surface area (Å²) in [6.07, 6.45) is 3.32. The van der Waals surface area contributed by atoms with Crippen molar-refractivity contribution >= 4 is 0 Å². The second-order valence-corrected chi connectivity index (χ2v) is 2.22. The Balaban J connectivity index is 2.88. The first-order valence-electron chi connectivity index (χ1n) is 3.00. The molecule has 0 heterocycles. The molecule has 1 aliphatic rings. The van der Waals surface area contributed by atoms with Crippen LogP contribution >= 0.6 is 0 Å². The molecule has 0 aromatic heterocycles. The summed E-state index contributed by atoms with van der Waals surface area (Å²) in [4.78, 5) is 0. The summed E-state index contributed by atoms with van der Waals surface area (Å²) in [5.41, 5.74) is 0.777. The lowest BCUT2D eigenvalue weighted by Gasteiger charge is -2.08. The van der Waals surface area contributed by atoms with Crippen LogP contribution in [0.25, 0.3) is 0 Å². The highest BCUT2D eigenvalue weighted by Gasteiger charge is 2.09. The molecule has 9 heavy (non-hydrogen) atoms. The van der Waals surface area contributed by atoms with Gasteiger partial charge in [-0.15, -0.1) is 0 Å². The zero-order chi connectivity index (χ0) is 6.85. The first-order valence-corrected chi connectivity index (χ1v) is 3.00. The lowest BCUT2D eigenvalue weighted by Crippen LogP contribution is -1.97. The fourth-order valence-corrected chi connectivity index (χ4v) is 0.868. The highest BCUT2D eigenvalue weighted by atomic mass is 16.3. The molecule has 0 unspecified atom stereocenters. The third-order valence-electron chi connectivity index (χ3n) is 1.48. The van der Waals surface area contributed by atoms with Crippen LogP contribution in [0.4, 0.5) is 0 Å². The van der Waals surface area contributed by atoms with E-state index < -0.39 is 0 Å². The van der Waals surface area contributed by atoms with Crippen molar-refractivity contribution in [2.24, 2.45) is 0 Å². The highest BCUT2D eigenvalue weighted by Crippen LogP contribution is 2.19. The smallest absolute Gasteiger partial charge is 0.155 e. The second kappa shape index (κ2) is 2.13. The van der Waals surface area contributed by atoms with Crippen LogP contribution in [0.2, 0.25) is 0 Å². The molecule has 0 radical (unpaired) electrons. The van der Waals surface area contributed by atoms with Crippen LogP contribution in [0.5, 0.6) is 0 Å². The number of rotatable bonds is 0. The van der Waals surface area contributed by atoms with E-state index in [1.807, 2.05) is 6.08 Å². The van der Waals surface area contributed by atoms with Crippen LogP contribution in [0.15, 0.2) is 23.2 Å². The molecule has 0 fully saturated rings. The molecule has 2 nitrogen and oxygen atoms in total. The predicted molar refractivity (Wildman–Crippen MR) is 35.3 cm³/mol. The summed E-state index contributed by atoms with van der Waals surface area (Å²) >= 11 is 0. The van der Waals surface area contributed by atoms with Gasteiger partial charge in [-0.1, -0.05) is 6.08 Å². The highest BCUT2D eigenvalue weighted by molar-refractivity contribution is 5.28. The van der Waals surface area contributed by atoms with Crippen LogP contribution in [-0.4, -0.2) is 10.2 Å². The Bertz CT molecular complexity index is 177. The van der Waals surface area contributed by atoms with Crippen molar-refractivity contribution in [1.29, 1.82) is 0 Å². The third-order valence-corrected chi connectivity index (χ3v) is 1.48. The first kappa shape index (κ1) is 6.20. The van der Waals surface area contributed by atoms with Gasteiger partial charge in [-0.2, -0.15) is 0 Å². The molecule has 1 rings (SSSR count). The molecule has 0 saturated heterocycles. The van der Waals surface area contributed by atoms with Crippen molar-refractivity contribution in [2.45, 2.75) is 19.8 Å². The lowest BCUT2D eigenvalue weighted by atomic mass is 10.1. The summed E-state index contributed by atoms with van der Waals surface area (Å²) < 4.78 is 0. The molecule has 0 atom stereocenters. The van der Waals surface area contributed by atoms with Gasteiger partial charge in [0.2, 0.25) is 0 Å². The quantitative estimate of drug-likeness (QED) is 0.521. The summed E-state index contributed by atoms with van der Waals surface area (Å²) in [5.74, 6) is 0.177. The van der Waals surface area contributed by atoms with Gasteiger partial charge in [-0.25, -0.2) is 0 Å². The van der Waals surface area contributed by atoms with Crippen LogP contribution < -0.4 is 0 Å². The minimum Gasteiger partial charge on any atom is -0.508 e. The molecule has 0 saturated carbocycles. The maximum absolute atomic E-state index is 9.01. The van der Waals surface area contributed by atoms with Gasteiger partial charge in [0, 0.05) is 6.42 Å². The predicted octanol–water partition coefficient (Wildman–Crippen LogP) is 2.05. The zero-order valence-electron chi connectivity index (χ0n) is 5.39. The molecule has 0 aromatic rings. The molecule has 2 heteroatoms. The van der Waals surface area contributed by atoms with Crippen molar-refractivity contribution in [3.05, 3.63) is 23.2 Å². The van der Waals surface area contributed by atoms with Gasteiger partial charge in [-0.05, 0) is 18.9 Å². The lowest BCUT2D eigenvalue weighted by molar-refractivity contribution is 0.313. The molecule has 0 aromatic carbocycles. The van der Waals surface area contributed by atoms with Gasteiger partial charge < -0.3 is 10.2 Å². The minimum absolute atomic E-state index is 0.0567. The first-order chi connectivity index (χ1) is 4.22. The van der Waals surface area contributed by atoms with Gasteiger partial charge in [-0.3, -0.25) is 0 Å². The van der Waals surface area contributed by atoms with E-state index in [1.165, 1.54) is 0 Å². The van der Waals surface area contributed by atoms with Crippen molar-refractivity contribution in [2.75, 3.05) is 0 Å². The normalized spacial score (nSPS) is 19.9. The fourth-order valence-electron chi connectivity index (χ4n) is 0.868. The van der Waals surface area contributed by atoms with Crippen LogP contribution in [0, 0.1) is 0 Å². The second-order valence-electron chi connectivity index (χ2n) is 2.22. The maximum Gasteiger partial charge on any atom is 0.155 e. The largest absolute Gasteiger partial charge is 0.508 e. The van der Waals surface area contributed by atoms with Crippen molar-refractivity contribution in [3.8, 4) is 0 Å². The molecule has 0 amide bonds. The number of hydrogen-bond acceptors (Lipinski definition) is 2. The monoisotopic (exact) mass is 126 g/mol. The van der Waals surface area contributed by atoms with Crippen molar-refractivity contribution in [3.63, 3.8) is 0 Å². The fraction of sp³-hybridized carbons (Fsp3) is 0.429. The Morgan fingerprint density at radius 3 is 2.56 bits per heavy atom. The van der Waals surface area contributed by atoms with Crippen molar-refractivity contribution < 1.29 is 10.2 Å². The average Bonchev–Trinajstić information content (AvgIpc) is 1.83. The molecule has 0 aliphatic heterocycles. The van der Waals surface area contributed by atoms with Gasteiger partial charge in [0.1, 0.15) is 5.76 Å². The standard InChI is InChI=1S/C7H10O2/c1-5-3-2-4-6(8)7(5)9/h3,8-9H,2,4H2,1H3.